The van der Waals surface area contributed by atoms with Gasteiger partial charge >= 0.3 is 0 Å². The molecule has 25 heavy (non-hydrogen) atoms. The highest BCUT2D eigenvalue weighted by molar-refractivity contribution is 6.30. The average Bonchev–Trinajstić information content (AvgIpc) is 2.64. The molecule has 0 fully saturated rings. The molecule has 0 saturated heterocycles. The average molecular weight is 355 g/mol. The molecule has 3 aromatic rings. The predicted molar refractivity (Wildman–Crippen MR) is 101 cm³/mol. The lowest BCUT2D eigenvalue weighted by molar-refractivity contribution is 0.338. The minimum absolute atomic E-state index is 0.0248. The van der Waals surface area contributed by atoms with Gasteiger partial charge in [0.15, 0.2) is 0 Å². The molecule has 126 valence electrons. The molecule has 0 aliphatic heterocycles. The molecule has 1 unspecified atom stereocenters. The van der Waals surface area contributed by atoms with Crippen molar-refractivity contribution in [3.8, 4) is 0 Å². The van der Waals surface area contributed by atoms with Crippen LogP contribution in [0.25, 0.3) is 12.2 Å². The topological polar surface area (TPSA) is 0 Å². The van der Waals surface area contributed by atoms with Crippen LogP contribution in [0, 0.1) is 5.82 Å². The van der Waals surface area contributed by atoms with Crippen LogP contribution in [-0.4, -0.2) is 0 Å². The number of hydrogen-bond donors (Lipinski definition) is 0. The Morgan fingerprint density at radius 1 is 0.840 bits per heavy atom. The van der Waals surface area contributed by atoms with E-state index in [1.165, 1.54) is 6.07 Å². The van der Waals surface area contributed by atoms with Gasteiger partial charge in [-0.3, -0.25) is 0 Å². The van der Waals surface area contributed by atoms with E-state index >= 15 is 0 Å². The maximum atomic E-state index is 14.3. The fourth-order valence-corrected chi connectivity index (χ4v) is 2.70. The van der Waals surface area contributed by atoms with Crippen molar-refractivity contribution in [1.82, 2.24) is 0 Å². The fraction of sp³-hybridized carbons (Fsp3) is 0.0909. The smallest absolute Gasteiger partial charge is 0.129 e. The highest BCUT2D eigenvalue weighted by Gasteiger charge is 2.13. The van der Waals surface area contributed by atoms with Gasteiger partial charge in [0.05, 0.1) is 0 Å². The summed E-state index contributed by atoms with van der Waals surface area (Å²) in [7, 11) is 0. The predicted octanol–water partition coefficient (Wildman–Crippen LogP) is 6.90. The van der Waals surface area contributed by atoms with Crippen LogP contribution < -0.4 is 0 Å². The van der Waals surface area contributed by atoms with Gasteiger partial charge in [0.25, 0.3) is 0 Å². The Kier molecular flexibility index (Phi) is 5.62. The first kappa shape index (κ1) is 17.4. The number of halogens is 3. The zero-order chi connectivity index (χ0) is 17.6. The minimum atomic E-state index is -1.22. The normalized spacial score (nSPS) is 12.4. The van der Waals surface area contributed by atoms with E-state index in [1.54, 1.807) is 48.5 Å². The van der Waals surface area contributed by atoms with Gasteiger partial charge in [-0.05, 0) is 40.5 Å². The summed E-state index contributed by atoms with van der Waals surface area (Å²) in [6, 6.07) is 21.1. The van der Waals surface area contributed by atoms with Gasteiger partial charge < -0.3 is 0 Å². The Balaban J connectivity index is 1.71. The third kappa shape index (κ3) is 4.77. The molecular formula is C22H17ClF2. The van der Waals surface area contributed by atoms with E-state index in [-0.39, 0.29) is 6.42 Å². The second-order valence-electron chi connectivity index (χ2n) is 5.82. The van der Waals surface area contributed by atoms with Crippen molar-refractivity contribution in [1.29, 1.82) is 0 Å². The second-order valence-corrected chi connectivity index (χ2v) is 6.25. The second kappa shape index (κ2) is 8.09. The van der Waals surface area contributed by atoms with Crippen LogP contribution in [0.5, 0.6) is 0 Å². The van der Waals surface area contributed by atoms with E-state index in [0.29, 0.717) is 16.1 Å². The molecule has 0 bridgehead atoms. The van der Waals surface area contributed by atoms with Crippen LogP contribution >= 0.6 is 11.6 Å². The summed E-state index contributed by atoms with van der Waals surface area (Å²) in [5.41, 5.74) is 2.64. The summed E-state index contributed by atoms with van der Waals surface area (Å²) >= 11 is 5.85. The molecule has 0 heterocycles. The van der Waals surface area contributed by atoms with Gasteiger partial charge in [-0.2, -0.15) is 0 Å². The van der Waals surface area contributed by atoms with Crippen LogP contribution in [0.1, 0.15) is 28.4 Å². The Bertz CT molecular complexity index is 855. The first-order valence-electron chi connectivity index (χ1n) is 8.03. The van der Waals surface area contributed by atoms with Crippen molar-refractivity contribution < 1.29 is 8.78 Å². The van der Waals surface area contributed by atoms with Gasteiger partial charge in [-0.1, -0.05) is 78.4 Å². The van der Waals surface area contributed by atoms with Gasteiger partial charge in [0.2, 0.25) is 0 Å². The summed E-state index contributed by atoms with van der Waals surface area (Å²) < 4.78 is 28.6. The van der Waals surface area contributed by atoms with Crippen molar-refractivity contribution in [3.63, 3.8) is 0 Å². The standard InChI is InChI=1S/C22H17ClF2/c23-20-12-9-16(10-13-20)6-7-17-8-11-19(21(24)14-17)15-22(25)18-4-2-1-3-5-18/h1-14,22H,15H2/b7-6+. The van der Waals surface area contributed by atoms with E-state index < -0.39 is 12.0 Å². The lowest BCUT2D eigenvalue weighted by atomic mass is 10.0. The summed E-state index contributed by atoms with van der Waals surface area (Å²) in [5.74, 6) is -0.392. The maximum absolute atomic E-state index is 14.3. The zero-order valence-corrected chi connectivity index (χ0v) is 14.3. The first-order valence-corrected chi connectivity index (χ1v) is 8.41. The Hall–Kier alpha value is -2.45. The van der Waals surface area contributed by atoms with Crippen LogP contribution in [0.4, 0.5) is 8.78 Å². The van der Waals surface area contributed by atoms with Crippen molar-refractivity contribution in [2.45, 2.75) is 12.6 Å². The van der Waals surface area contributed by atoms with E-state index in [9.17, 15) is 8.78 Å². The molecular weight excluding hydrogens is 338 g/mol. The summed E-state index contributed by atoms with van der Waals surface area (Å²) in [6.07, 6.45) is 2.51. The maximum Gasteiger partial charge on any atom is 0.129 e. The van der Waals surface area contributed by atoms with Crippen LogP contribution in [0.2, 0.25) is 5.02 Å². The molecule has 3 aromatic carbocycles. The lowest BCUT2D eigenvalue weighted by Gasteiger charge is -2.10. The van der Waals surface area contributed by atoms with Crippen LogP contribution in [-0.2, 0) is 6.42 Å². The summed E-state index contributed by atoms with van der Waals surface area (Å²) in [6.45, 7) is 0. The first-order chi connectivity index (χ1) is 12.1. The molecule has 3 rings (SSSR count). The summed E-state index contributed by atoms with van der Waals surface area (Å²) in [4.78, 5) is 0. The highest BCUT2D eigenvalue weighted by atomic mass is 35.5. The van der Waals surface area contributed by atoms with Crippen LogP contribution in [0.3, 0.4) is 0 Å². The summed E-state index contributed by atoms with van der Waals surface area (Å²) in [5, 5.41) is 0.673. The van der Waals surface area contributed by atoms with Gasteiger partial charge in [-0.25, -0.2) is 8.78 Å². The van der Waals surface area contributed by atoms with E-state index in [1.807, 2.05) is 30.4 Å². The molecule has 0 aliphatic carbocycles. The van der Waals surface area contributed by atoms with Crippen molar-refractivity contribution >= 4 is 23.8 Å². The molecule has 3 heteroatoms. The number of alkyl halides is 1. The molecule has 0 spiro atoms. The van der Waals surface area contributed by atoms with E-state index in [2.05, 4.69) is 0 Å². The van der Waals surface area contributed by atoms with Crippen molar-refractivity contribution in [2.24, 2.45) is 0 Å². The molecule has 0 N–H and O–H groups in total. The quantitative estimate of drug-likeness (QED) is 0.437. The Labute approximate surface area is 151 Å². The number of rotatable bonds is 5. The van der Waals surface area contributed by atoms with Gasteiger partial charge in [0, 0.05) is 11.4 Å². The minimum Gasteiger partial charge on any atom is -0.242 e. The number of benzene rings is 3. The molecule has 0 aliphatic rings. The molecule has 0 amide bonds. The molecule has 0 radical (unpaired) electrons. The molecule has 0 aromatic heterocycles. The third-order valence-corrected chi connectivity index (χ3v) is 4.23. The largest absolute Gasteiger partial charge is 0.242 e. The van der Waals surface area contributed by atoms with E-state index in [4.69, 9.17) is 11.6 Å². The van der Waals surface area contributed by atoms with Crippen LogP contribution in [0.15, 0.2) is 72.8 Å². The number of hydrogen-bond acceptors (Lipinski definition) is 0. The van der Waals surface area contributed by atoms with Crippen molar-refractivity contribution in [3.05, 3.63) is 106 Å². The molecule has 0 saturated carbocycles. The Morgan fingerprint density at radius 2 is 1.48 bits per heavy atom. The van der Waals surface area contributed by atoms with Gasteiger partial charge in [0.1, 0.15) is 12.0 Å². The molecule has 1 atom stereocenters. The lowest BCUT2D eigenvalue weighted by Crippen LogP contribution is -1.99. The zero-order valence-electron chi connectivity index (χ0n) is 13.5. The fourth-order valence-electron chi connectivity index (χ4n) is 2.57. The van der Waals surface area contributed by atoms with Gasteiger partial charge in [-0.15, -0.1) is 0 Å². The Morgan fingerprint density at radius 3 is 2.16 bits per heavy atom. The third-order valence-electron chi connectivity index (χ3n) is 3.98. The van der Waals surface area contributed by atoms with Crippen molar-refractivity contribution in [2.75, 3.05) is 0 Å². The van der Waals surface area contributed by atoms with E-state index in [0.717, 1.165) is 11.1 Å². The highest BCUT2D eigenvalue weighted by Crippen LogP contribution is 2.24. The monoisotopic (exact) mass is 354 g/mol. The molecule has 0 nitrogen and oxygen atoms in total. The SMILES string of the molecule is Fc1cc(/C=C/c2ccc(Cl)cc2)ccc1CC(F)c1ccccc1.